The van der Waals surface area contributed by atoms with Crippen molar-refractivity contribution >= 4 is 22.8 Å². The quantitative estimate of drug-likeness (QED) is 0.729. The molecule has 0 fully saturated rings. The molecule has 2 aromatic heterocycles. The first-order valence-electron chi connectivity index (χ1n) is 6.21. The van der Waals surface area contributed by atoms with E-state index in [0.29, 0.717) is 11.5 Å². The molecule has 0 saturated carbocycles. The molecule has 2 rings (SSSR count). The summed E-state index contributed by atoms with van der Waals surface area (Å²) in [6.45, 7) is 5.86. The summed E-state index contributed by atoms with van der Waals surface area (Å²) in [5, 5.41) is 10.9. The van der Waals surface area contributed by atoms with Crippen molar-refractivity contribution < 1.29 is 4.74 Å². The highest BCUT2D eigenvalue weighted by Crippen LogP contribution is 2.24. The number of rotatable bonds is 6. The van der Waals surface area contributed by atoms with Gasteiger partial charge in [-0.3, -0.25) is 5.10 Å². The van der Waals surface area contributed by atoms with E-state index in [4.69, 9.17) is 10.5 Å². The van der Waals surface area contributed by atoms with Crippen LogP contribution >= 0.6 is 0 Å². The molecule has 0 amide bonds. The predicted molar refractivity (Wildman–Crippen MR) is 74.9 cm³/mol. The topological polar surface area (TPSA) is 102 Å². The molecule has 0 spiro atoms. The van der Waals surface area contributed by atoms with Gasteiger partial charge in [-0.25, -0.2) is 0 Å². The number of nitrogens with two attached hydrogens (primary N) is 1. The van der Waals surface area contributed by atoms with E-state index in [-0.39, 0.29) is 11.4 Å². The third-order valence-corrected chi connectivity index (χ3v) is 3.04. The van der Waals surface area contributed by atoms with Gasteiger partial charge < -0.3 is 15.8 Å². The maximum atomic E-state index is 5.67. The van der Waals surface area contributed by atoms with Crippen LogP contribution in [0.1, 0.15) is 20.3 Å². The minimum Gasteiger partial charge on any atom is -0.385 e. The second kappa shape index (κ2) is 5.40. The molecule has 0 aliphatic heterocycles. The molecule has 104 valence electrons. The first-order chi connectivity index (χ1) is 9.02. The van der Waals surface area contributed by atoms with Crippen molar-refractivity contribution in [2.45, 2.75) is 20.3 Å². The average Bonchev–Trinajstić information content (AvgIpc) is 2.81. The zero-order chi connectivity index (χ0) is 13.9. The number of nitrogen functional groups attached to an aromatic ring is 1. The van der Waals surface area contributed by atoms with Crippen LogP contribution in [0.4, 0.5) is 11.8 Å². The van der Waals surface area contributed by atoms with Crippen LogP contribution in [-0.2, 0) is 4.74 Å². The molecule has 0 aliphatic carbocycles. The zero-order valence-corrected chi connectivity index (χ0v) is 11.5. The average molecular weight is 264 g/mol. The van der Waals surface area contributed by atoms with E-state index < -0.39 is 0 Å². The lowest BCUT2D eigenvalue weighted by Gasteiger charge is -2.25. The Morgan fingerprint density at radius 1 is 1.42 bits per heavy atom. The summed E-state index contributed by atoms with van der Waals surface area (Å²) in [6.07, 6.45) is 2.66. The highest BCUT2D eigenvalue weighted by Gasteiger charge is 2.18. The van der Waals surface area contributed by atoms with Gasteiger partial charge in [-0.1, -0.05) is 13.8 Å². The zero-order valence-electron chi connectivity index (χ0n) is 11.5. The first-order valence-corrected chi connectivity index (χ1v) is 6.21. The van der Waals surface area contributed by atoms with Gasteiger partial charge in [0.2, 0.25) is 5.95 Å². The van der Waals surface area contributed by atoms with Crippen LogP contribution in [0.15, 0.2) is 6.20 Å². The SMILES string of the molecule is COCCC(C)(C)CNc1nc(N)nc2[nH]ncc12. The van der Waals surface area contributed by atoms with Crippen LogP contribution in [0.5, 0.6) is 0 Å². The summed E-state index contributed by atoms with van der Waals surface area (Å²) in [6, 6.07) is 0. The molecule has 0 atom stereocenters. The highest BCUT2D eigenvalue weighted by atomic mass is 16.5. The molecule has 0 unspecified atom stereocenters. The number of nitrogens with one attached hydrogen (secondary N) is 2. The van der Waals surface area contributed by atoms with Gasteiger partial charge in [-0.05, 0) is 11.8 Å². The molecule has 0 saturated heterocycles. The molecular formula is C12H20N6O. The van der Waals surface area contributed by atoms with E-state index in [1.165, 1.54) is 0 Å². The van der Waals surface area contributed by atoms with Crippen molar-refractivity contribution in [2.24, 2.45) is 5.41 Å². The number of hydrogen-bond acceptors (Lipinski definition) is 6. The molecule has 0 aliphatic rings. The van der Waals surface area contributed by atoms with Gasteiger partial charge in [0.25, 0.3) is 0 Å². The standard InChI is InChI=1S/C12H20N6O/c1-12(2,4-5-19-3)7-14-9-8-6-15-18-10(8)17-11(13)16-9/h6H,4-5,7H2,1-3H3,(H4,13,14,15,16,17,18). The lowest BCUT2D eigenvalue weighted by atomic mass is 9.90. The molecule has 2 aromatic rings. The second-order valence-electron chi connectivity index (χ2n) is 5.32. The van der Waals surface area contributed by atoms with Crippen LogP contribution in [0, 0.1) is 5.41 Å². The van der Waals surface area contributed by atoms with Crippen molar-refractivity contribution in [3.05, 3.63) is 6.20 Å². The number of anilines is 2. The van der Waals surface area contributed by atoms with Crippen molar-refractivity contribution in [1.82, 2.24) is 20.2 Å². The minimum atomic E-state index is 0.103. The van der Waals surface area contributed by atoms with Gasteiger partial charge in [-0.15, -0.1) is 0 Å². The first kappa shape index (κ1) is 13.5. The maximum absolute atomic E-state index is 5.67. The van der Waals surface area contributed by atoms with Crippen LogP contribution in [0.25, 0.3) is 11.0 Å². The Morgan fingerprint density at radius 3 is 2.95 bits per heavy atom. The Labute approximate surface area is 112 Å². The number of nitrogens with zero attached hydrogens (tertiary/aromatic N) is 3. The van der Waals surface area contributed by atoms with Crippen LogP contribution in [-0.4, -0.2) is 40.4 Å². The second-order valence-corrected chi connectivity index (χ2v) is 5.32. The molecule has 0 radical (unpaired) electrons. The smallest absolute Gasteiger partial charge is 0.224 e. The van der Waals surface area contributed by atoms with E-state index in [9.17, 15) is 0 Å². The molecular weight excluding hydrogens is 244 g/mol. The van der Waals surface area contributed by atoms with Gasteiger partial charge in [0, 0.05) is 20.3 Å². The number of H-pyrrole nitrogens is 1. The summed E-state index contributed by atoms with van der Waals surface area (Å²) in [7, 11) is 1.71. The van der Waals surface area contributed by atoms with Crippen molar-refractivity contribution in [2.75, 3.05) is 31.3 Å². The summed E-state index contributed by atoms with van der Waals surface area (Å²) in [4.78, 5) is 8.30. The Hall–Kier alpha value is -1.89. The van der Waals surface area contributed by atoms with Gasteiger partial charge in [0.15, 0.2) is 5.65 Å². The molecule has 7 nitrogen and oxygen atoms in total. The number of hydrogen-bond donors (Lipinski definition) is 3. The normalized spacial score (nSPS) is 11.9. The number of fused-ring (bicyclic) bond motifs is 1. The molecule has 4 N–H and O–H groups in total. The van der Waals surface area contributed by atoms with Crippen molar-refractivity contribution in [3.63, 3.8) is 0 Å². The predicted octanol–water partition coefficient (Wildman–Crippen LogP) is 1.41. The fourth-order valence-electron chi connectivity index (χ4n) is 1.78. The fraction of sp³-hybridized carbons (Fsp3) is 0.583. The summed E-state index contributed by atoms with van der Waals surface area (Å²) in [5.41, 5.74) is 6.42. The van der Waals surface area contributed by atoms with E-state index in [1.54, 1.807) is 13.3 Å². The summed E-state index contributed by atoms with van der Waals surface area (Å²) >= 11 is 0. The molecule has 7 heteroatoms. The third-order valence-electron chi connectivity index (χ3n) is 3.04. The van der Waals surface area contributed by atoms with Crippen LogP contribution in [0.2, 0.25) is 0 Å². The van der Waals surface area contributed by atoms with Crippen molar-refractivity contribution in [3.8, 4) is 0 Å². The molecule has 19 heavy (non-hydrogen) atoms. The monoisotopic (exact) mass is 264 g/mol. The van der Waals surface area contributed by atoms with Gasteiger partial charge in [0.1, 0.15) is 5.82 Å². The molecule has 0 aromatic carbocycles. The Kier molecular flexibility index (Phi) is 3.84. The minimum absolute atomic E-state index is 0.103. The van der Waals surface area contributed by atoms with Crippen LogP contribution in [0.3, 0.4) is 0 Å². The lowest BCUT2D eigenvalue weighted by molar-refractivity contribution is 0.157. The Bertz CT molecular complexity index is 550. The van der Waals surface area contributed by atoms with E-state index in [2.05, 4.69) is 39.3 Å². The number of ether oxygens (including phenoxy) is 1. The van der Waals surface area contributed by atoms with Crippen molar-refractivity contribution in [1.29, 1.82) is 0 Å². The highest BCUT2D eigenvalue weighted by molar-refractivity contribution is 5.86. The van der Waals surface area contributed by atoms with E-state index >= 15 is 0 Å². The Morgan fingerprint density at radius 2 is 2.21 bits per heavy atom. The Balaban J connectivity index is 2.11. The summed E-state index contributed by atoms with van der Waals surface area (Å²) in [5.74, 6) is 0.940. The van der Waals surface area contributed by atoms with E-state index in [1.807, 2.05) is 0 Å². The molecule has 0 bridgehead atoms. The fourth-order valence-corrected chi connectivity index (χ4v) is 1.78. The lowest BCUT2D eigenvalue weighted by Crippen LogP contribution is -2.25. The van der Waals surface area contributed by atoms with Crippen LogP contribution < -0.4 is 11.1 Å². The third kappa shape index (κ3) is 3.31. The maximum Gasteiger partial charge on any atom is 0.224 e. The summed E-state index contributed by atoms with van der Waals surface area (Å²) < 4.78 is 5.12. The van der Waals surface area contributed by atoms with Gasteiger partial charge >= 0.3 is 0 Å². The van der Waals surface area contributed by atoms with Gasteiger partial charge in [0.05, 0.1) is 11.6 Å². The van der Waals surface area contributed by atoms with Gasteiger partial charge in [-0.2, -0.15) is 15.1 Å². The number of aromatic nitrogens is 4. The largest absolute Gasteiger partial charge is 0.385 e. The number of aromatic amines is 1. The number of methoxy groups -OCH3 is 1. The van der Waals surface area contributed by atoms with E-state index in [0.717, 1.165) is 25.0 Å². The molecule has 2 heterocycles.